The van der Waals surface area contributed by atoms with Crippen LogP contribution in [-0.2, 0) is 4.79 Å². The fraction of sp³-hybridized carbons (Fsp3) is 0.333. The van der Waals surface area contributed by atoms with E-state index in [-0.39, 0.29) is 11.7 Å². The molecule has 0 aliphatic heterocycles. The van der Waals surface area contributed by atoms with Crippen LogP contribution in [0.3, 0.4) is 0 Å². The van der Waals surface area contributed by atoms with Gasteiger partial charge in [-0.3, -0.25) is 4.79 Å². The minimum atomic E-state index is -1.07. The van der Waals surface area contributed by atoms with Crippen molar-refractivity contribution in [2.75, 3.05) is 0 Å². The normalized spacial score (nSPS) is 12.6. The van der Waals surface area contributed by atoms with Crippen molar-refractivity contribution in [3.05, 3.63) is 35.0 Å². The summed E-state index contributed by atoms with van der Waals surface area (Å²) >= 11 is 1.15. The highest BCUT2D eigenvalue weighted by Gasteiger charge is 2.22. The molecule has 6 heteroatoms. The van der Waals surface area contributed by atoms with Crippen LogP contribution in [-0.4, -0.2) is 23.0 Å². The van der Waals surface area contributed by atoms with E-state index in [9.17, 15) is 14.0 Å². The molecule has 21 heavy (non-hydrogen) atoms. The van der Waals surface area contributed by atoms with Gasteiger partial charge in [0.25, 0.3) is 5.91 Å². The summed E-state index contributed by atoms with van der Waals surface area (Å²) < 4.78 is 14.3. The average molecular weight is 309 g/mol. The molecule has 1 aromatic carbocycles. The van der Waals surface area contributed by atoms with Crippen LogP contribution in [0.25, 0.3) is 10.1 Å². The standard InChI is InChI=1S/C15H16FNO3S/c1-8(2)6-11(15(19)20)17-14(18)13-7-9-10(16)4-3-5-12(9)21-13/h3-5,7-8,11H,6H2,1-2H3,(H,17,18)(H,19,20). The predicted octanol–water partition coefficient (Wildman–Crippen LogP) is 3.27. The molecule has 1 amide bonds. The molecule has 0 spiro atoms. The highest BCUT2D eigenvalue weighted by atomic mass is 32.1. The lowest BCUT2D eigenvalue weighted by molar-refractivity contribution is -0.139. The van der Waals surface area contributed by atoms with Gasteiger partial charge in [0.2, 0.25) is 0 Å². The Hall–Kier alpha value is -1.95. The Balaban J connectivity index is 2.21. The Morgan fingerprint density at radius 2 is 2.10 bits per heavy atom. The number of rotatable bonds is 5. The molecule has 0 radical (unpaired) electrons. The minimum absolute atomic E-state index is 0.145. The summed E-state index contributed by atoms with van der Waals surface area (Å²) in [6.07, 6.45) is 0.348. The molecule has 2 N–H and O–H groups in total. The first-order chi connectivity index (χ1) is 9.88. The number of carboxylic acids is 1. The SMILES string of the molecule is CC(C)CC(NC(=O)c1cc2c(F)cccc2s1)C(=O)O. The summed E-state index contributed by atoms with van der Waals surface area (Å²) in [7, 11) is 0. The van der Waals surface area contributed by atoms with Gasteiger partial charge in [0.15, 0.2) is 0 Å². The van der Waals surface area contributed by atoms with E-state index in [2.05, 4.69) is 5.32 Å². The van der Waals surface area contributed by atoms with Crippen LogP contribution >= 0.6 is 11.3 Å². The van der Waals surface area contributed by atoms with E-state index in [0.717, 1.165) is 11.3 Å². The van der Waals surface area contributed by atoms with E-state index in [1.54, 1.807) is 12.1 Å². The molecule has 2 rings (SSSR count). The van der Waals surface area contributed by atoms with Crippen molar-refractivity contribution in [3.8, 4) is 0 Å². The summed E-state index contributed by atoms with van der Waals surface area (Å²) in [5, 5.41) is 12.0. The molecule has 0 aliphatic carbocycles. The molecule has 1 atom stereocenters. The van der Waals surface area contributed by atoms with Crippen molar-refractivity contribution in [1.82, 2.24) is 5.32 Å². The van der Waals surface area contributed by atoms with Gasteiger partial charge in [0, 0.05) is 10.1 Å². The first kappa shape index (κ1) is 15.4. The number of amides is 1. The zero-order chi connectivity index (χ0) is 15.6. The maximum atomic E-state index is 13.6. The number of carboxylic acid groups (broad SMARTS) is 1. The molecule has 0 aliphatic rings. The lowest BCUT2D eigenvalue weighted by Gasteiger charge is -2.15. The molecule has 1 unspecified atom stereocenters. The number of nitrogens with one attached hydrogen (secondary N) is 1. The number of carbonyl (C=O) groups excluding carboxylic acids is 1. The lowest BCUT2D eigenvalue weighted by Crippen LogP contribution is -2.41. The van der Waals surface area contributed by atoms with Crippen molar-refractivity contribution < 1.29 is 19.1 Å². The number of fused-ring (bicyclic) bond motifs is 1. The van der Waals surface area contributed by atoms with Crippen molar-refractivity contribution in [2.45, 2.75) is 26.3 Å². The van der Waals surface area contributed by atoms with Gasteiger partial charge in [-0.25, -0.2) is 9.18 Å². The fourth-order valence-electron chi connectivity index (χ4n) is 2.06. The largest absolute Gasteiger partial charge is 0.480 e. The third-order valence-electron chi connectivity index (χ3n) is 3.04. The molecule has 0 bridgehead atoms. The number of hydrogen-bond donors (Lipinski definition) is 2. The van der Waals surface area contributed by atoms with E-state index in [4.69, 9.17) is 5.11 Å². The molecular weight excluding hydrogens is 293 g/mol. The van der Waals surface area contributed by atoms with Gasteiger partial charge in [-0.2, -0.15) is 0 Å². The zero-order valence-corrected chi connectivity index (χ0v) is 12.5. The highest BCUT2D eigenvalue weighted by molar-refractivity contribution is 7.20. The second kappa shape index (κ2) is 6.22. The van der Waals surface area contributed by atoms with Gasteiger partial charge < -0.3 is 10.4 Å². The van der Waals surface area contributed by atoms with Gasteiger partial charge in [-0.05, 0) is 30.5 Å². The van der Waals surface area contributed by atoms with Crippen molar-refractivity contribution >= 4 is 33.3 Å². The van der Waals surface area contributed by atoms with E-state index >= 15 is 0 Å². The quantitative estimate of drug-likeness (QED) is 0.891. The van der Waals surface area contributed by atoms with Gasteiger partial charge in [0.1, 0.15) is 11.9 Å². The van der Waals surface area contributed by atoms with Crippen LogP contribution in [0.15, 0.2) is 24.3 Å². The van der Waals surface area contributed by atoms with Crippen LogP contribution in [0.2, 0.25) is 0 Å². The van der Waals surface area contributed by atoms with Gasteiger partial charge in [0.05, 0.1) is 4.88 Å². The molecule has 112 valence electrons. The summed E-state index contributed by atoms with van der Waals surface area (Å²) in [5.74, 6) is -1.79. The Kier molecular flexibility index (Phi) is 4.57. The molecule has 1 aromatic heterocycles. The summed E-state index contributed by atoms with van der Waals surface area (Å²) in [5.41, 5.74) is 0. The van der Waals surface area contributed by atoms with Crippen molar-refractivity contribution in [3.63, 3.8) is 0 Å². The van der Waals surface area contributed by atoms with Crippen LogP contribution in [0.1, 0.15) is 29.9 Å². The molecule has 0 saturated carbocycles. The average Bonchev–Trinajstić information content (AvgIpc) is 2.82. The number of halogens is 1. The zero-order valence-electron chi connectivity index (χ0n) is 11.7. The lowest BCUT2D eigenvalue weighted by atomic mass is 10.0. The maximum Gasteiger partial charge on any atom is 0.326 e. The number of aliphatic carboxylic acids is 1. The maximum absolute atomic E-state index is 13.6. The minimum Gasteiger partial charge on any atom is -0.480 e. The number of carbonyl (C=O) groups is 2. The van der Waals surface area contributed by atoms with Crippen molar-refractivity contribution in [1.29, 1.82) is 0 Å². The van der Waals surface area contributed by atoms with Crippen LogP contribution in [0.4, 0.5) is 4.39 Å². The first-order valence-corrected chi connectivity index (χ1v) is 7.42. The first-order valence-electron chi connectivity index (χ1n) is 6.60. The van der Waals surface area contributed by atoms with Crippen LogP contribution in [0, 0.1) is 11.7 Å². The Morgan fingerprint density at radius 1 is 1.38 bits per heavy atom. The predicted molar refractivity (Wildman–Crippen MR) is 80.1 cm³/mol. The highest BCUT2D eigenvalue weighted by Crippen LogP contribution is 2.27. The van der Waals surface area contributed by atoms with E-state index < -0.39 is 17.9 Å². The van der Waals surface area contributed by atoms with E-state index in [1.807, 2.05) is 13.8 Å². The summed E-state index contributed by atoms with van der Waals surface area (Å²) in [6.45, 7) is 3.77. The van der Waals surface area contributed by atoms with Crippen LogP contribution in [0.5, 0.6) is 0 Å². The van der Waals surface area contributed by atoms with Crippen LogP contribution < -0.4 is 5.32 Å². The Labute approximate surface area is 125 Å². The number of benzene rings is 1. The molecule has 0 fully saturated rings. The van der Waals surface area contributed by atoms with E-state index in [0.29, 0.717) is 21.4 Å². The van der Waals surface area contributed by atoms with Gasteiger partial charge in [-0.15, -0.1) is 11.3 Å². The molecule has 4 nitrogen and oxygen atoms in total. The summed E-state index contributed by atoms with van der Waals surface area (Å²) in [6, 6.07) is 5.15. The smallest absolute Gasteiger partial charge is 0.326 e. The number of thiophene rings is 1. The molecule has 1 heterocycles. The molecule has 0 saturated heterocycles. The summed E-state index contributed by atoms with van der Waals surface area (Å²) in [4.78, 5) is 23.6. The fourth-order valence-corrected chi connectivity index (χ4v) is 3.04. The third-order valence-corrected chi connectivity index (χ3v) is 4.14. The van der Waals surface area contributed by atoms with Gasteiger partial charge >= 0.3 is 5.97 Å². The van der Waals surface area contributed by atoms with Crippen molar-refractivity contribution in [2.24, 2.45) is 5.92 Å². The monoisotopic (exact) mass is 309 g/mol. The topological polar surface area (TPSA) is 66.4 Å². The van der Waals surface area contributed by atoms with Gasteiger partial charge in [-0.1, -0.05) is 19.9 Å². The second-order valence-electron chi connectivity index (χ2n) is 5.26. The number of hydrogen-bond acceptors (Lipinski definition) is 3. The Morgan fingerprint density at radius 3 is 2.67 bits per heavy atom. The van der Waals surface area contributed by atoms with E-state index in [1.165, 1.54) is 12.1 Å². The third kappa shape index (κ3) is 3.58. The second-order valence-corrected chi connectivity index (χ2v) is 6.34. The Bertz CT molecular complexity index is 681. The molecule has 2 aromatic rings. The molecular formula is C15H16FNO3S.